The highest BCUT2D eigenvalue weighted by atomic mass is 15.1. The molecule has 7 nitrogen and oxygen atoms in total. The van der Waals surface area contributed by atoms with Gasteiger partial charge < -0.3 is 0 Å². The van der Waals surface area contributed by atoms with Gasteiger partial charge in [-0.15, -0.1) is 0 Å². The fourth-order valence-corrected chi connectivity index (χ4v) is 6.09. The number of hydrogen-bond acceptors (Lipinski definition) is 7. The molecule has 0 saturated carbocycles. The number of nitrogens with zero attached hydrogens (tertiary/aromatic N) is 7. The molecular weight excluding hydrogens is 855 g/mol. The molecule has 0 bridgehead atoms. The molecule has 0 aliphatic rings. The van der Waals surface area contributed by atoms with Crippen LogP contribution in [0.15, 0.2) is 79.5 Å². The Kier molecular flexibility index (Phi) is 21.3. The van der Waals surface area contributed by atoms with Crippen LogP contribution < -0.4 is 0 Å². The van der Waals surface area contributed by atoms with E-state index < -0.39 is 0 Å². The Hall–Kier alpha value is -4.39. The Morgan fingerprint density at radius 1 is 0.200 bits per heavy atom. The van der Waals surface area contributed by atoms with Crippen molar-refractivity contribution in [2.24, 2.45) is 0 Å². The summed E-state index contributed by atoms with van der Waals surface area (Å²) < 4.78 is 0. The fourth-order valence-electron chi connectivity index (χ4n) is 6.09. The summed E-state index contributed by atoms with van der Waals surface area (Å²) in [7, 11) is 0. The molecule has 0 spiro atoms. The molecule has 390 valence electrons. The maximum absolute atomic E-state index is 4.52. The first-order valence-corrected chi connectivity index (χ1v) is 25.6. The van der Waals surface area contributed by atoms with E-state index in [2.05, 4.69) is 291 Å². The van der Waals surface area contributed by atoms with Gasteiger partial charge in [0.15, 0.2) is 0 Å². The molecule has 0 radical (unpaired) electrons. The van der Waals surface area contributed by atoms with Gasteiger partial charge in [-0.3, -0.25) is 15.0 Å². The van der Waals surface area contributed by atoms with Crippen molar-refractivity contribution < 1.29 is 0 Å². The third kappa shape index (κ3) is 22.4. The molecule has 0 unspecified atom stereocenters. The molecule has 4 heterocycles. The molecule has 5 aromatic rings. The Morgan fingerprint density at radius 3 is 0.643 bits per heavy atom. The van der Waals surface area contributed by atoms with E-state index in [0.29, 0.717) is 0 Å². The highest BCUT2D eigenvalue weighted by molar-refractivity contribution is 5.31. The maximum Gasteiger partial charge on any atom is 0.133 e. The first kappa shape index (κ1) is 63.6. The van der Waals surface area contributed by atoms with Crippen molar-refractivity contribution in [3.8, 4) is 0 Å². The summed E-state index contributed by atoms with van der Waals surface area (Å²) in [5.41, 5.74) is 12.0. The van der Waals surface area contributed by atoms with Gasteiger partial charge in [0, 0.05) is 69.2 Å². The molecule has 1 aromatic carbocycles. The maximum atomic E-state index is 4.52. The summed E-state index contributed by atoms with van der Waals surface area (Å²) in [5.74, 6) is 0.908. The molecule has 0 N–H and O–H groups in total. The van der Waals surface area contributed by atoms with E-state index in [-0.39, 0.29) is 54.1 Å². The van der Waals surface area contributed by atoms with E-state index in [4.69, 9.17) is 0 Å². The van der Waals surface area contributed by atoms with E-state index >= 15 is 0 Å². The SMILES string of the molecule is CC(C)(C)c1ccc(C(C)(C)C)cc1.CC(C)(C)c1ccc(C(C)(C)C)nc1.CC(C)(C)c1ccc(C(C)(C)C)nn1.CC(C)(C)c1cnc(C(C)(C)C)cn1.CC(C)(C)c1cnc(C(C)(C)C)nc1. The molecular formula is C63H103N7. The summed E-state index contributed by atoms with van der Waals surface area (Å²) >= 11 is 0. The third-order valence-corrected chi connectivity index (χ3v) is 11.6. The van der Waals surface area contributed by atoms with Crippen LogP contribution in [0.3, 0.4) is 0 Å². The minimum absolute atomic E-state index is 0.0381. The predicted octanol–water partition coefficient (Wildman–Crippen LogP) is 17.2. The predicted molar refractivity (Wildman–Crippen MR) is 304 cm³/mol. The van der Waals surface area contributed by atoms with Gasteiger partial charge in [0.25, 0.3) is 0 Å². The van der Waals surface area contributed by atoms with Crippen molar-refractivity contribution in [1.82, 2.24) is 35.1 Å². The van der Waals surface area contributed by atoms with Gasteiger partial charge in [-0.2, -0.15) is 10.2 Å². The molecule has 0 atom stereocenters. The molecule has 0 fully saturated rings. The Morgan fingerprint density at radius 2 is 0.443 bits per heavy atom. The van der Waals surface area contributed by atoms with E-state index in [1.54, 1.807) is 0 Å². The lowest BCUT2D eigenvalue weighted by molar-refractivity contribution is 0.527. The highest BCUT2D eigenvalue weighted by Crippen LogP contribution is 2.29. The molecule has 0 saturated heterocycles. The monoisotopic (exact) mass is 958 g/mol. The summed E-state index contributed by atoms with van der Waals surface area (Å²) in [6.45, 7) is 65.3. The van der Waals surface area contributed by atoms with Gasteiger partial charge in [-0.25, -0.2) is 9.97 Å². The second-order valence-corrected chi connectivity index (χ2v) is 29.4. The highest BCUT2D eigenvalue weighted by Gasteiger charge is 2.23. The fraction of sp³-hybridized carbons (Fsp3) is 0.635. The number of benzene rings is 1. The van der Waals surface area contributed by atoms with Gasteiger partial charge in [0.1, 0.15) is 5.82 Å². The van der Waals surface area contributed by atoms with Crippen LogP contribution in [0.2, 0.25) is 0 Å². The number of rotatable bonds is 0. The molecule has 0 amide bonds. The van der Waals surface area contributed by atoms with Gasteiger partial charge in [0.2, 0.25) is 0 Å². The van der Waals surface area contributed by atoms with Crippen LogP contribution in [-0.2, 0) is 54.1 Å². The quantitative estimate of drug-likeness (QED) is 0.153. The van der Waals surface area contributed by atoms with Crippen molar-refractivity contribution in [3.63, 3.8) is 0 Å². The Labute approximate surface area is 431 Å². The van der Waals surface area contributed by atoms with Crippen molar-refractivity contribution in [2.45, 2.75) is 262 Å². The van der Waals surface area contributed by atoms with Gasteiger partial charge in [0.05, 0.1) is 22.8 Å². The minimum atomic E-state index is 0.0381. The Bertz CT molecular complexity index is 1710. The van der Waals surface area contributed by atoms with Gasteiger partial charge in [-0.05, 0) is 62.1 Å². The van der Waals surface area contributed by atoms with Crippen LogP contribution in [0.25, 0.3) is 0 Å². The van der Waals surface area contributed by atoms with Crippen molar-refractivity contribution in [2.75, 3.05) is 0 Å². The molecule has 7 heteroatoms. The van der Waals surface area contributed by atoms with Crippen LogP contribution in [0.5, 0.6) is 0 Å². The third-order valence-electron chi connectivity index (χ3n) is 11.6. The molecule has 0 aliphatic heterocycles. The first-order chi connectivity index (χ1) is 31.1. The summed E-state index contributed by atoms with van der Waals surface area (Å²) in [5, 5.41) is 8.53. The normalized spacial score (nSPS) is 13.0. The standard InChI is InChI=1S/C14H22.C13H21N.3C12H20N2/c1-13(2,3)11-7-9-12(10-8-11)14(4,5)6;1-12(2,3)10-7-8-11(14-9-10)13(4,5)6;1-11(2,3)9-7-14-10(8-13-9)12(4,5)6;1-11(2,3)9-7-13-10(14-8-9)12(4,5)6;1-11(2,3)9-7-8-10(14-13-9)12(4,5)6/h7-10H,1-6H3;7-9H,1-6H3;3*7-8H,1-6H3. The van der Waals surface area contributed by atoms with Gasteiger partial charge >= 0.3 is 0 Å². The average Bonchev–Trinajstić information content (AvgIpc) is 3.19. The topological polar surface area (TPSA) is 90.2 Å². The molecule has 5 rings (SSSR count). The molecule has 4 aromatic heterocycles. The lowest BCUT2D eigenvalue weighted by atomic mass is 9.82. The summed E-state index contributed by atoms with van der Waals surface area (Å²) in [4.78, 5) is 22.2. The van der Waals surface area contributed by atoms with Crippen LogP contribution in [0.1, 0.15) is 264 Å². The van der Waals surface area contributed by atoms with Crippen molar-refractivity contribution in [1.29, 1.82) is 0 Å². The largest absolute Gasteiger partial charge is 0.260 e. The first-order valence-electron chi connectivity index (χ1n) is 25.6. The number of pyridine rings is 1. The zero-order valence-electron chi connectivity index (χ0n) is 50.6. The number of aromatic nitrogens is 7. The zero-order chi connectivity index (χ0) is 54.9. The molecule has 70 heavy (non-hydrogen) atoms. The summed E-state index contributed by atoms with van der Waals surface area (Å²) in [6, 6.07) is 17.5. The summed E-state index contributed by atoms with van der Waals surface area (Å²) in [6.07, 6.45) is 9.66. The molecule has 0 aliphatic carbocycles. The van der Waals surface area contributed by atoms with Crippen LogP contribution in [0.4, 0.5) is 0 Å². The second kappa shape index (κ2) is 23.4. The lowest BCUT2D eigenvalue weighted by Gasteiger charge is -2.23. The zero-order valence-corrected chi connectivity index (χ0v) is 50.6. The average molecular weight is 959 g/mol. The van der Waals surface area contributed by atoms with E-state index in [0.717, 1.165) is 34.3 Å². The van der Waals surface area contributed by atoms with E-state index in [1.807, 2.05) is 31.0 Å². The second-order valence-electron chi connectivity index (χ2n) is 29.4. The Balaban J connectivity index is 0.000000437. The van der Waals surface area contributed by atoms with E-state index in [9.17, 15) is 0 Å². The number of hydrogen-bond donors (Lipinski definition) is 0. The van der Waals surface area contributed by atoms with Crippen LogP contribution in [0, 0.1) is 0 Å². The van der Waals surface area contributed by atoms with E-state index in [1.165, 1.54) is 22.3 Å². The van der Waals surface area contributed by atoms with Crippen LogP contribution >= 0.6 is 0 Å². The van der Waals surface area contributed by atoms with Crippen molar-refractivity contribution in [3.05, 3.63) is 136 Å². The van der Waals surface area contributed by atoms with Crippen molar-refractivity contribution >= 4 is 0 Å². The lowest BCUT2D eigenvalue weighted by Crippen LogP contribution is -2.18. The minimum Gasteiger partial charge on any atom is -0.260 e. The van der Waals surface area contributed by atoms with Crippen LogP contribution in [-0.4, -0.2) is 35.1 Å². The smallest absolute Gasteiger partial charge is 0.133 e. The van der Waals surface area contributed by atoms with Gasteiger partial charge in [-0.1, -0.05) is 238 Å².